The smallest absolute Gasteiger partial charge is 0.244 e. The van der Waals surface area contributed by atoms with Crippen LogP contribution in [-0.4, -0.2) is 18.0 Å². The molecule has 0 aliphatic carbocycles. The monoisotopic (exact) mass is 480 g/mol. The first-order chi connectivity index (χ1) is 15.9. The van der Waals surface area contributed by atoms with Crippen LogP contribution in [0.15, 0.2) is 65.5 Å². The first-order valence-corrected chi connectivity index (χ1v) is 11.0. The molecule has 33 heavy (non-hydrogen) atoms. The molecule has 0 aliphatic rings. The molecule has 0 atom stereocenters. The van der Waals surface area contributed by atoms with Gasteiger partial charge in [0, 0.05) is 57.7 Å². The van der Waals surface area contributed by atoms with Crippen LogP contribution in [0.3, 0.4) is 0 Å². The van der Waals surface area contributed by atoms with Crippen LogP contribution in [0, 0.1) is 6.92 Å². The summed E-state index contributed by atoms with van der Waals surface area (Å²) >= 11 is 12.5. The van der Waals surface area contributed by atoms with Gasteiger partial charge in [0.05, 0.1) is 18.4 Å². The minimum absolute atomic E-state index is 0.197. The number of carbonyl (C=O) groups excluding carboxylic acids is 1. The van der Waals surface area contributed by atoms with E-state index < -0.39 is 0 Å². The summed E-state index contributed by atoms with van der Waals surface area (Å²) in [5.41, 5.74) is 5.73. The van der Waals surface area contributed by atoms with Gasteiger partial charge in [-0.1, -0.05) is 29.3 Å². The van der Waals surface area contributed by atoms with Crippen molar-refractivity contribution in [1.82, 2.24) is 10.3 Å². The Bertz CT molecular complexity index is 1360. The van der Waals surface area contributed by atoms with Crippen LogP contribution in [0.4, 0.5) is 0 Å². The Hall–Kier alpha value is -3.28. The van der Waals surface area contributed by atoms with Gasteiger partial charge in [-0.2, -0.15) is 0 Å². The van der Waals surface area contributed by atoms with Gasteiger partial charge < -0.3 is 14.5 Å². The lowest BCUT2D eigenvalue weighted by atomic mass is 9.96. The van der Waals surface area contributed by atoms with Gasteiger partial charge in [-0.3, -0.25) is 9.78 Å². The molecule has 7 heteroatoms. The third-order valence-corrected chi connectivity index (χ3v) is 6.01. The average Bonchev–Trinajstić information content (AvgIpc) is 3.22. The molecule has 2 aromatic heterocycles. The number of carbonyl (C=O) groups is 1. The van der Waals surface area contributed by atoms with Gasteiger partial charge in [0.15, 0.2) is 0 Å². The summed E-state index contributed by atoms with van der Waals surface area (Å²) in [6, 6.07) is 11.0. The predicted molar refractivity (Wildman–Crippen MR) is 133 cm³/mol. The van der Waals surface area contributed by atoms with Gasteiger partial charge in [0.1, 0.15) is 11.3 Å². The van der Waals surface area contributed by atoms with Crippen LogP contribution >= 0.6 is 23.2 Å². The van der Waals surface area contributed by atoms with Gasteiger partial charge >= 0.3 is 0 Å². The summed E-state index contributed by atoms with van der Waals surface area (Å²) in [4.78, 5) is 16.6. The fourth-order valence-electron chi connectivity index (χ4n) is 3.80. The molecule has 168 valence electrons. The lowest BCUT2D eigenvalue weighted by Crippen LogP contribution is -2.20. The summed E-state index contributed by atoms with van der Waals surface area (Å²) in [7, 11) is 1.61. The van der Waals surface area contributed by atoms with Gasteiger partial charge in [-0.15, -0.1) is 0 Å². The van der Waals surface area contributed by atoms with Gasteiger partial charge in [0.2, 0.25) is 5.91 Å². The number of aromatic nitrogens is 1. The van der Waals surface area contributed by atoms with Crippen molar-refractivity contribution in [3.05, 3.63) is 87.9 Å². The van der Waals surface area contributed by atoms with E-state index >= 15 is 0 Å². The van der Waals surface area contributed by atoms with E-state index in [9.17, 15) is 4.79 Å². The Balaban J connectivity index is 1.73. The van der Waals surface area contributed by atoms with Crippen molar-refractivity contribution in [2.45, 2.75) is 20.4 Å². The average molecular weight is 481 g/mol. The Kier molecular flexibility index (Phi) is 6.72. The quantitative estimate of drug-likeness (QED) is 0.306. The zero-order valence-corrected chi connectivity index (χ0v) is 19.9. The van der Waals surface area contributed by atoms with E-state index in [2.05, 4.69) is 10.3 Å². The van der Waals surface area contributed by atoms with Crippen LogP contribution in [0.25, 0.3) is 27.7 Å². The molecule has 4 aromatic rings. The number of halogens is 2. The standard InChI is InChI=1S/C26H22Cl2N2O3/c1-15(10-24(31)30-13-17-6-8-29-9-7-17)20-12-21-22(19-5-4-18(27)11-23(19)28)14-33-26(21)16(2)25(20)32-3/h4-12,14H,13H2,1-3H3,(H,30,31)/b15-10+. The zero-order valence-electron chi connectivity index (χ0n) is 18.4. The first-order valence-electron chi connectivity index (χ1n) is 10.3. The molecule has 0 spiro atoms. The van der Waals surface area contributed by atoms with Crippen LogP contribution in [0.2, 0.25) is 10.0 Å². The highest BCUT2D eigenvalue weighted by molar-refractivity contribution is 6.36. The van der Waals surface area contributed by atoms with Gasteiger partial charge in [-0.25, -0.2) is 0 Å². The lowest BCUT2D eigenvalue weighted by molar-refractivity contribution is -0.116. The SMILES string of the molecule is COc1c(/C(C)=C/C(=O)NCc2ccncc2)cc2c(-c3ccc(Cl)cc3Cl)coc2c1C. The Morgan fingerprint density at radius 2 is 1.91 bits per heavy atom. The molecule has 2 aromatic carbocycles. The van der Waals surface area contributed by atoms with Crippen LogP contribution in [0.1, 0.15) is 23.6 Å². The molecule has 0 unspecified atom stereocenters. The van der Waals surface area contributed by atoms with Crippen molar-refractivity contribution in [3.63, 3.8) is 0 Å². The number of hydrogen-bond acceptors (Lipinski definition) is 4. The number of hydrogen-bond donors (Lipinski definition) is 1. The van der Waals surface area contributed by atoms with E-state index in [1.165, 1.54) is 0 Å². The van der Waals surface area contributed by atoms with E-state index in [-0.39, 0.29) is 5.91 Å². The molecule has 1 amide bonds. The molecule has 0 fully saturated rings. The fraction of sp³-hybridized carbons (Fsp3) is 0.154. The van der Waals surface area contributed by atoms with Crippen molar-refractivity contribution in [2.24, 2.45) is 0 Å². The van der Waals surface area contributed by atoms with Crippen LogP contribution in [0.5, 0.6) is 5.75 Å². The summed E-state index contributed by atoms with van der Waals surface area (Å²) in [6.45, 7) is 4.23. The number of pyridine rings is 1. The van der Waals surface area contributed by atoms with E-state index in [0.29, 0.717) is 27.9 Å². The number of benzene rings is 2. The highest BCUT2D eigenvalue weighted by Gasteiger charge is 2.20. The Morgan fingerprint density at radius 3 is 2.61 bits per heavy atom. The predicted octanol–water partition coefficient (Wildman–Crippen LogP) is 6.84. The maximum absolute atomic E-state index is 12.6. The van der Waals surface area contributed by atoms with Gasteiger partial charge in [-0.05, 0) is 55.3 Å². The normalized spacial score (nSPS) is 11.6. The number of furan rings is 1. The second-order valence-corrected chi connectivity index (χ2v) is 8.48. The molecule has 0 aliphatic heterocycles. The minimum Gasteiger partial charge on any atom is -0.496 e. The molecule has 0 radical (unpaired) electrons. The van der Waals surface area contributed by atoms with E-state index in [0.717, 1.165) is 38.8 Å². The number of ether oxygens (including phenoxy) is 1. The second kappa shape index (κ2) is 9.69. The maximum Gasteiger partial charge on any atom is 0.244 e. The van der Waals surface area contributed by atoms with Crippen LogP contribution < -0.4 is 10.1 Å². The number of fused-ring (bicyclic) bond motifs is 1. The highest BCUT2D eigenvalue weighted by Crippen LogP contribution is 2.42. The molecule has 0 saturated carbocycles. The number of amides is 1. The number of aryl methyl sites for hydroxylation is 1. The third-order valence-electron chi connectivity index (χ3n) is 5.46. The Labute approximate surface area is 202 Å². The number of methoxy groups -OCH3 is 1. The van der Waals surface area contributed by atoms with Crippen molar-refractivity contribution in [3.8, 4) is 16.9 Å². The minimum atomic E-state index is -0.197. The van der Waals surface area contributed by atoms with E-state index in [4.69, 9.17) is 32.4 Å². The van der Waals surface area contributed by atoms with E-state index in [1.807, 2.05) is 38.1 Å². The van der Waals surface area contributed by atoms with E-state index in [1.54, 1.807) is 44.0 Å². The topological polar surface area (TPSA) is 64.4 Å². The third kappa shape index (κ3) is 4.75. The Morgan fingerprint density at radius 1 is 1.15 bits per heavy atom. The van der Waals surface area contributed by atoms with Crippen molar-refractivity contribution in [2.75, 3.05) is 7.11 Å². The lowest BCUT2D eigenvalue weighted by Gasteiger charge is -2.13. The van der Waals surface area contributed by atoms with Crippen molar-refractivity contribution < 1.29 is 13.9 Å². The summed E-state index contributed by atoms with van der Waals surface area (Å²) in [5.74, 6) is 0.457. The maximum atomic E-state index is 12.6. The molecule has 0 bridgehead atoms. The van der Waals surface area contributed by atoms with Crippen molar-refractivity contribution in [1.29, 1.82) is 0 Å². The van der Waals surface area contributed by atoms with Gasteiger partial charge in [0.25, 0.3) is 0 Å². The first kappa shape index (κ1) is 22.9. The van der Waals surface area contributed by atoms with Crippen molar-refractivity contribution >= 4 is 45.7 Å². The highest BCUT2D eigenvalue weighted by atomic mass is 35.5. The zero-order chi connectivity index (χ0) is 23.5. The number of rotatable bonds is 6. The fourth-order valence-corrected chi connectivity index (χ4v) is 4.31. The number of allylic oxidation sites excluding steroid dienone is 1. The molecule has 1 N–H and O–H groups in total. The molecule has 4 rings (SSSR count). The molecule has 0 saturated heterocycles. The molecule has 5 nitrogen and oxygen atoms in total. The molecular weight excluding hydrogens is 459 g/mol. The van der Waals surface area contributed by atoms with Crippen LogP contribution in [-0.2, 0) is 11.3 Å². The number of nitrogens with one attached hydrogen (secondary N) is 1. The number of nitrogens with zero attached hydrogens (tertiary/aromatic N) is 1. The summed E-state index contributed by atoms with van der Waals surface area (Å²) in [6.07, 6.45) is 6.64. The summed E-state index contributed by atoms with van der Waals surface area (Å²) in [5, 5.41) is 4.87. The summed E-state index contributed by atoms with van der Waals surface area (Å²) < 4.78 is 11.6. The molecule has 2 heterocycles. The second-order valence-electron chi connectivity index (χ2n) is 7.63. The largest absolute Gasteiger partial charge is 0.496 e. The molecular formula is C26H22Cl2N2O3.